The van der Waals surface area contributed by atoms with Crippen molar-refractivity contribution in [3.8, 4) is 5.69 Å². The van der Waals surface area contributed by atoms with Crippen LogP contribution in [0.5, 0.6) is 0 Å². The second-order valence-electron chi connectivity index (χ2n) is 10.0. The number of carbonyl (C=O) groups excluding carboxylic acids is 1. The predicted octanol–water partition coefficient (Wildman–Crippen LogP) is 5.33. The van der Waals surface area contributed by atoms with Gasteiger partial charge in [0.15, 0.2) is 0 Å². The number of pyridine rings is 1. The minimum Gasteiger partial charge on any atom is -0.338 e. The molecule has 4 heterocycles. The number of rotatable bonds is 6. The number of hydrogen-bond acceptors (Lipinski definition) is 4. The maximum atomic E-state index is 13.9. The molecule has 6 nitrogen and oxygen atoms in total. The summed E-state index contributed by atoms with van der Waals surface area (Å²) >= 11 is 0. The van der Waals surface area contributed by atoms with E-state index in [2.05, 4.69) is 45.3 Å². The van der Waals surface area contributed by atoms with Crippen LogP contribution in [0.4, 0.5) is 4.39 Å². The minimum absolute atomic E-state index is 0.00640. The zero-order valence-corrected chi connectivity index (χ0v) is 21.2. The number of aromatic nitrogens is 3. The molecule has 0 aliphatic carbocycles. The van der Waals surface area contributed by atoms with Crippen molar-refractivity contribution in [2.75, 3.05) is 26.2 Å². The van der Waals surface area contributed by atoms with E-state index in [0.29, 0.717) is 18.0 Å². The van der Waals surface area contributed by atoms with Crippen LogP contribution in [0.3, 0.4) is 0 Å². The molecule has 2 aromatic heterocycles. The minimum atomic E-state index is -0.300. The van der Waals surface area contributed by atoms with E-state index in [-0.39, 0.29) is 11.7 Å². The zero-order valence-electron chi connectivity index (χ0n) is 21.2. The van der Waals surface area contributed by atoms with Crippen LogP contribution in [-0.2, 0) is 6.54 Å². The molecule has 7 heteroatoms. The van der Waals surface area contributed by atoms with Gasteiger partial charge in [-0.1, -0.05) is 36.4 Å². The smallest absolute Gasteiger partial charge is 0.257 e. The highest BCUT2D eigenvalue weighted by molar-refractivity contribution is 5.99. The summed E-state index contributed by atoms with van der Waals surface area (Å²) in [5.41, 5.74) is 5.76. The third-order valence-electron chi connectivity index (χ3n) is 7.57. The van der Waals surface area contributed by atoms with E-state index in [1.165, 1.54) is 23.3 Å². The first kappa shape index (κ1) is 24.2. The third-order valence-corrected chi connectivity index (χ3v) is 7.57. The summed E-state index contributed by atoms with van der Waals surface area (Å²) in [6.07, 6.45) is 9.27. The van der Waals surface area contributed by atoms with Gasteiger partial charge in [-0.15, -0.1) is 0 Å². The Balaban J connectivity index is 1.28. The summed E-state index contributed by atoms with van der Waals surface area (Å²) in [6, 6.07) is 20.8. The van der Waals surface area contributed by atoms with Crippen LogP contribution < -0.4 is 0 Å². The lowest BCUT2D eigenvalue weighted by atomic mass is 9.98. The number of hydrogen-bond donors (Lipinski definition) is 0. The fourth-order valence-electron chi connectivity index (χ4n) is 5.52. The lowest BCUT2D eigenvalue weighted by molar-refractivity contribution is 0.0790. The number of halogens is 1. The van der Waals surface area contributed by atoms with Gasteiger partial charge in [0.25, 0.3) is 5.91 Å². The van der Waals surface area contributed by atoms with Crippen molar-refractivity contribution in [3.05, 3.63) is 120 Å². The van der Waals surface area contributed by atoms with Crippen LogP contribution in [-0.4, -0.2) is 56.7 Å². The molecular weight excluding hydrogens is 477 g/mol. The first-order chi connectivity index (χ1) is 18.7. The Bertz CT molecular complexity index is 1430. The standard InChI is InChI=1S/C31H30FN5O/c32-27-6-8-28(9-7-27)37-30(25-12-17-35(18-13-25)21-23-10-15-33-16-11-23)29(20-34-37)31(38)36-19-14-26(22-36)24-4-2-1-3-5-24/h1-12,15-16,20,26H,13-14,17-19,21-22H2/t26-/m0/s1. The first-order valence-electron chi connectivity index (χ1n) is 13.1. The van der Waals surface area contributed by atoms with Gasteiger partial charge in [-0.05, 0) is 65.9 Å². The van der Waals surface area contributed by atoms with Gasteiger partial charge >= 0.3 is 0 Å². The Hall–Kier alpha value is -4.10. The molecule has 0 unspecified atom stereocenters. The van der Waals surface area contributed by atoms with Crippen molar-refractivity contribution in [2.45, 2.75) is 25.3 Å². The van der Waals surface area contributed by atoms with Gasteiger partial charge < -0.3 is 4.90 Å². The van der Waals surface area contributed by atoms with E-state index in [1.54, 1.807) is 23.0 Å². The van der Waals surface area contributed by atoms with E-state index in [1.807, 2.05) is 35.5 Å². The normalized spacial score (nSPS) is 18.0. The second-order valence-corrected chi connectivity index (χ2v) is 10.0. The molecule has 4 aromatic rings. The molecule has 192 valence electrons. The van der Waals surface area contributed by atoms with Crippen LogP contribution >= 0.6 is 0 Å². The lowest BCUT2D eigenvalue weighted by Gasteiger charge is -2.27. The van der Waals surface area contributed by atoms with Crippen molar-refractivity contribution < 1.29 is 9.18 Å². The predicted molar refractivity (Wildman–Crippen MR) is 145 cm³/mol. The SMILES string of the molecule is O=C(c1cnn(-c2ccc(F)cc2)c1C1=CCN(Cc2ccncc2)CC1)N1CC[C@H](c2ccccc2)C1. The van der Waals surface area contributed by atoms with Gasteiger partial charge in [0.1, 0.15) is 5.82 Å². The van der Waals surface area contributed by atoms with Gasteiger partial charge in [0, 0.05) is 51.0 Å². The molecule has 2 aromatic carbocycles. The molecule has 38 heavy (non-hydrogen) atoms. The molecule has 2 aliphatic rings. The highest BCUT2D eigenvalue weighted by atomic mass is 19.1. The number of carbonyl (C=O) groups is 1. The maximum Gasteiger partial charge on any atom is 0.257 e. The molecule has 6 rings (SSSR count). The fourth-order valence-corrected chi connectivity index (χ4v) is 5.52. The number of likely N-dealkylation sites (tertiary alicyclic amines) is 1. The van der Waals surface area contributed by atoms with Crippen LogP contribution in [0.1, 0.15) is 45.9 Å². The van der Waals surface area contributed by atoms with Crippen molar-refractivity contribution in [2.24, 2.45) is 0 Å². The van der Waals surface area contributed by atoms with Crippen molar-refractivity contribution in [3.63, 3.8) is 0 Å². The summed E-state index contributed by atoms with van der Waals surface area (Å²) in [7, 11) is 0. The second kappa shape index (κ2) is 10.7. The summed E-state index contributed by atoms with van der Waals surface area (Å²) in [5, 5.41) is 4.63. The molecule has 1 atom stereocenters. The fraction of sp³-hybridized carbons (Fsp3) is 0.258. The topological polar surface area (TPSA) is 54.3 Å². The highest BCUT2D eigenvalue weighted by Crippen LogP contribution is 2.32. The zero-order chi connectivity index (χ0) is 25.9. The molecule has 1 amide bonds. The molecule has 0 N–H and O–H groups in total. The van der Waals surface area contributed by atoms with E-state index in [0.717, 1.165) is 56.0 Å². The highest BCUT2D eigenvalue weighted by Gasteiger charge is 2.32. The lowest BCUT2D eigenvalue weighted by Crippen LogP contribution is -2.30. The summed E-state index contributed by atoms with van der Waals surface area (Å²) in [4.78, 5) is 22.3. The molecule has 0 saturated carbocycles. The summed E-state index contributed by atoms with van der Waals surface area (Å²) in [5.74, 6) is 0.0460. The van der Waals surface area contributed by atoms with Crippen LogP contribution in [0.2, 0.25) is 0 Å². The van der Waals surface area contributed by atoms with E-state index >= 15 is 0 Å². The van der Waals surface area contributed by atoms with Crippen molar-refractivity contribution in [1.29, 1.82) is 0 Å². The number of benzene rings is 2. The number of amides is 1. The van der Waals surface area contributed by atoms with E-state index in [9.17, 15) is 9.18 Å². The average molecular weight is 508 g/mol. The first-order valence-corrected chi connectivity index (χ1v) is 13.1. The summed E-state index contributed by atoms with van der Waals surface area (Å²) in [6.45, 7) is 3.92. The quantitative estimate of drug-likeness (QED) is 0.354. The van der Waals surface area contributed by atoms with Crippen molar-refractivity contribution in [1.82, 2.24) is 24.6 Å². The Kier molecular flexibility index (Phi) is 6.84. The monoisotopic (exact) mass is 507 g/mol. The molecule has 1 fully saturated rings. The maximum absolute atomic E-state index is 13.9. The Morgan fingerprint density at radius 3 is 2.50 bits per heavy atom. The van der Waals surface area contributed by atoms with Gasteiger partial charge in [-0.25, -0.2) is 9.07 Å². The van der Waals surface area contributed by atoms with Crippen LogP contribution in [0, 0.1) is 5.82 Å². The Labute approximate surface area is 222 Å². The molecular formula is C31H30FN5O. The van der Waals surface area contributed by atoms with Gasteiger partial charge in [0.05, 0.1) is 23.1 Å². The summed E-state index contributed by atoms with van der Waals surface area (Å²) < 4.78 is 15.5. The molecule has 1 saturated heterocycles. The average Bonchev–Trinajstić information content (AvgIpc) is 3.63. The number of nitrogens with zero attached hydrogens (tertiary/aromatic N) is 5. The molecule has 2 aliphatic heterocycles. The van der Waals surface area contributed by atoms with Gasteiger partial charge in [-0.2, -0.15) is 5.10 Å². The van der Waals surface area contributed by atoms with E-state index in [4.69, 9.17) is 0 Å². The van der Waals surface area contributed by atoms with Crippen LogP contribution in [0.15, 0.2) is 91.4 Å². The van der Waals surface area contributed by atoms with E-state index < -0.39 is 0 Å². The van der Waals surface area contributed by atoms with Crippen molar-refractivity contribution >= 4 is 11.5 Å². The van der Waals surface area contributed by atoms with Gasteiger partial charge in [-0.3, -0.25) is 14.7 Å². The largest absolute Gasteiger partial charge is 0.338 e. The molecule has 0 spiro atoms. The third kappa shape index (κ3) is 5.02. The Morgan fingerprint density at radius 2 is 1.76 bits per heavy atom. The molecule has 0 radical (unpaired) electrons. The van der Waals surface area contributed by atoms with Gasteiger partial charge in [0.2, 0.25) is 0 Å². The van der Waals surface area contributed by atoms with Crippen LogP contribution in [0.25, 0.3) is 11.3 Å². The Morgan fingerprint density at radius 1 is 0.974 bits per heavy atom. The molecule has 0 bridgehead atoms.